The summed E-state index contributed by atoms with van der Waals surface area (Å²) >= 11 is 0. The maximum Gasteiger partial charge on any atom is 0.175 e. The zero-order valence-corrected chi connectivity index (χ0v) is 11.4. The van der Waals surface area contributed by atoms with E-state index in [0.717, 1.165) is 5.69 Å². The molecule has 0 fully saturated rings. The van der Waals surface area contributed by atoms with Gasteiger partial charge in [-0.05, 0) is 24.3 Å². The number of anilines is 3. The molecule has 2 aromatic rings. The van der Waals surface area contributed by atoms with Gasteiger partial charge in [0.2, 0.25) is 0 Å². The van der Waals surface area contributed by atoms with Crippen LogP contribution in [0.25, 0.3) is 0 Å². The van der Waals surface area contributed by atoms with E-state index < -0.39 is 9.84 Å². The highest BCUT2D eigenvalue weighted by molar-refractivity contribution is 7.90. The number of nitrogens with one attached hydrogen (secondary N) is 2. The minimum atomic E-state index is -3.17. The molecule has 0 saturated carbocycles. The molecule has 6 nitrogen and oxygen atoms in total. The van der Waals surface area contributed by atoms with Crippen molar-refractivity contribution < 1.29 is 8.42 Å². The van der Waals surface area contributed by atoms with Gasteiger partial charge in [0.15, 0.2) is 15.7 Å². The lowest BCUT2D eigenvalue weighted by atomic mass is 10.3. The molecule has 1 aromatic carbocycles. The summed E-state index contributed by atoms with van der Waals surface area (Å²) in [7, 11) is -1.41. The first-order valence-corrected chi connectivity index (χ1v) is 7.45. The van der Waals surface area contributed by atoms with Crippen LogP contribution in [-0.2, 0) is 9.84 Å². The van der Waals surface area contributed by atoms with E-state index in [-0.39, 0.29) is 4.90 Å². The molecule has 0 saturated heterocycles. The summed E-state index contributed by atoms with van der Waals surface area (Å²) in [5.41, 5.74) is 0.745. The third-order valence-corrected chi connectivity index (χ3v) is 3.57. The summed E-state index contributed by atoms with van der Waals surface area (Å²) in [5, 5.41) is 5.94. The van der Waals surface area contributed by atoms with E-state index >= 15 is 0 Å². The third-order valence-electron chi connectivity index (χ3n) is 2.45. The molecule has 0 bridgehead atoms. The molecule has 0 amide bonds. The number of benzene rings is 1. The van der Waals surface area contributed by atoms with Crippen molar-refractivity contribution in [3.63, 3.8) is 0 Å². The monoisotopic (exact) mass is 278 g/mol. The Balaban J connectivity index is 2.19. The topological polar surface area (TPSA) is 84.0 Å². The Hall–Kier alpha value is -2.15. The molecule has 100 valence electrons. The standard InChI is InChI=1S/C12H14N4O2S/c1-13-11-7-14-8-12(16-11)15-9-3-5-10(6-4-9)19(2,17)18/h3-8H,1-2H3,(H2,13,15,16). The normalized spacial score (nSPS) is 11.1. The summed E-state index contributed by atoms with van der Waals surface area (Å²) in [6, 6.07) is 6.47. The maximum absolute atomic E-state index is 11.3. The van der Waals surface area contributed by atoms with E-state index in [1.165, 1.54) is 6.26 Å². The molecule has 0 unspecified atom stereocenters. The molecule has 2 rings (SSSR count). The van der Waals surface area contributed by atoms with Crippen LogP contribution in [0.2, 0.25) is 0 Å². The van der Waals surface area contributed by atoms with Crippen LogP contribution in [0.1, 0.15) is 0 Å². The van der Waals surface area contributed by atoms with E-state index in [2.05, 4.69) is 20.6 Å². The Bertz CT molecular complexity index is 668. The van der Waals surface area contributed by atoms with E-state index in [4.69, 9.17) is 0 Å². The van der Waals surface area contributed by atoms with Gasteiger partial charge in [-0.2, -0.15) is 0 Å². The van der Waals surface area contributed by atoms with Crippen molar-refractivity contribution in [3.8, 4) is 0 Å². The number of hydrogen-bond donors (Lipinski definition) is 2. The minimum absolute atomic E-state index is 0.285. The lowest BCUT2D eigenvalue weighted by molar-refractivity contribution is 0.602. The summed E-state index contributed by atoms with van der Waals surface area (Å²) in [4.78, 5) is 8.57. The van der Waals surface area contributed by atoms with E-state index in [9.17, 15) is 8.42 Å². The van der Waals surface area contributed by atoms with Gasteiger partial charge in [-0.3, -0.25) is 4.98 Å². The molecule has 0 aliphatic carbocycles. The molecule has 1 aromatic heterocycles. The van der Waals surface area contributed by atoms with Gasteiger partial charge in [-0.15, -0.1) is 0 Å². The second-order valence-electron chi connectivity index (χ2n) is 3.96. The average molecular weight is 278 g/mol. The SMILES string of the molecule is CNc1cncc(Nc2ccc(S(C)(=O)=O)cc2)n1. The summed E-state index contributed by atoms with van der Waals surface area (Å²) < 4.78 is 22.7. The maximum atomic E-state index is 11.3. The fourth-order valence-corrected chi connectivity index (χ4v) is 2.11. The molecule has 1 heterocycles. The summed E-state index contributed by atoms with van der Waals surface area (Å²) in [6.45, 7) is 0. The number of aromatic nitrogens is 2. The van der Waals surface area contributed by atoms with Crippen LogP contribution < -0.4 is 10.6 Å². The van der Waals surface area contributed by atoms with Crippen molar-refractivity contribution in [3.05, 3.63) is 36.7 Å². The molecule has 0 spiro atoms. The number of rotatable bonds is 4. The van der Waals surface area contributed by atoms with Gasteiger partial charge in [-0.25, -0.2) is 13.4 Å². The molecule has 7 heteroatoms. The number of sulfone groups is 1. The van der Waals surface area contributed by atoms with Crippen LogP contribution in [-0.4, -0.2) is 31.7 Å². The van der Waals surface area contributed by atoms with E-state index in [1.54, 1.807) is 43.7 Å². The summed E-state index contributed by atoms with van der Waals surface area (Å²) in [5.74, 6) is 1.23. The lowest BCUT2D eigenvalue weighted by Crippen LogP contribution is -2.00. The fraction of sp³-hybridized carbons (Fsp3) is 0.167. The van der Waals surface area contributed by atoms with Crippen LogP contribution in [0.3, 0.4) is 0 Å². The zero-order valence-electron chi connectivity index (χ0n) is 10.6. The minimum Gasteiger partial charge on any atom is -0.372 e. The van der Waals surface area contributed by atoms with Gasteiger partial charge in [0, 0.05) is 19.0 Å². The Morgan fingerprint density at radius 3 is 2.26 bits per heavy atom. The van der Waals surface area contributed by atoms with Gasteiger partial charge >= 0.3 is 0 Å². The highest BCUT2D eigenvalue weighted by atomic mass is 32.2. The quantitative estimate of drug-likeness (QED) is 0.885. The Morgan fingerprint density at radius 1 is 1.05 bits per heavy atom. The first-order chi connectivity index (χ1) is 8.99. The van der Waals surface area contributed by atoms with Crippen LogP contribution in [0.5, 0.6) is 0 Å². The second-order valence-corrected chi connectivity index (χ2v) is 5.98. The molecule has 0 aliphatic rings. The van der Waals surface area contributed by atoms with Gasteiger partial charge < -0.3 is 10.6 Å². The lowest BCUT2D eigenvalue weighted by Gasteiger charge is -2.07. The van der Waals surface area contributed by atoms with Crippen LogP contribution >= 0.6 is 0 Å². The molecular formula is C12H14N4O2S. The van der Waals surface area contributed by atoms with Crippen LogP contribution in [0.15, 0.2) is 41.6 Å². The molecular weight excluding hydrogens is 264 g/mol. The molecule has 2 N–H and O–H groups in total. The predicted octanol–water partition coefficient (Wildman–Crippen LogP) is 1.67. The number of hydrogen-bond acceptors (Lipinski definition) is 6. The number of nitrogens with zero attached hydrogens (tertiary/aromatic N) is 2. The van der Waals surface area contributed by atoms with Crippen molar-refractivity contribution in [1.29, 1.82) is 0 Å². The fourth-order valence-electron chi connectivity index (χ4n) is 1.48. The first-order valence-electron chi connectivity index (χ1n) is 5.56. The van der Waals surface area contributed by atoms with E-state index in [0.29, 0.717) is 11.6 Å². The highest BCUT2D eigenvalue weighted by Gasteiger charge is 2.06. The predicted molar refractivity (Wildman–Crippen MR) is 74.4 cm³/mol. The second kappa shape index (κ2) is 5.23. The summed E-state index contributed by atoms with van der Waals surface area (Å²) in [6.07, 6.45) is 4.38. The van der Waals surface area contributed by atoms with Crippen molar-refractivity contribution in [1.82, 2.24) is 9.97 Å². The highest BCUT2D eigenvalue weighted by Crippen LogP contribution is 2.17. The van der Waals surface area contributed by atoms with Gasteiger partial charge in [-0.1, -0.05) is 0 Å². The van der Waals surface area contributed by atoms with Crippen molar-refractivity contribution in [2.45, 2.75) is 4.90 Å². The van der Waals surface area contributed by atoms with Crippen LogP contribution in [0.4, 0.5) is 17.3 Å². The molecule has 19 heavy (non-hydrogen) atoms. The third kappa shape index (κ3) is 3.41. The van der Waals surface area contributed by atoms with Gasteiger partial charge in [0.1, 0.15) is 5.82 Å². The zero-order chi connectivity index (χ0) is 13.9. The molecule has 0 radical (unpaired) electrons. The van der Waals surface area contributed by atoms with Crippen molar-refractivity contribution in [2.24, 2.45) is 0 Å². The first kappa shape index (κ1) is 13.3. The Labute approximate surface area is 111 Å². The van der Waals surface area contributed by atoms with Gasteiger partial charge in [0.25, 0.3) is 0 Å². The molecule has 0 aliphatic heterocycles. The van der Waals surface area contributed by atoms with Crippen molar-refractivity contribution in [2.75, 3.05) is 23.9 Å². The largest absolute Gasteiger partial charge is 0.372 e. The average Bonchev–Trinajstić information content (AvgIpc) is 2.38. The van der Waals surface area contributed by atoms with E-state index in [1.807, 2.05) is 0 Å². The van der Waals surface area contributed by atoms with Crippen LogP contribution in [0, 0.1) is 0 Å². The molecule has 0 atom stereocenters. The van der Waals surface area contributed by atoms with Crippen molar-refractivity contribution >= 4 is 27.2 Å². The Kier molecular flexibility index (Phi) is 3.66. The smallest absolute Gasteiger partial charge is 0.175 e. The van der Waals surface area contributed by atoms with Gasteiger partial charge in [0.05, 0.1) is 17.3 Å². The Morgan fingerprint density at radius 2 is 1.68 bits per heavy atom.